The molecule has 7 nitrogen and oxygen atoms in total. The fourth-order valence-corrected chi connectivity index (χ4v) is 2.76. The fourth-order valence-electron chi connectivity index (χ4n) is 2.38. The van der Waals surface area contributed by atoms with Crippen LogP contribution in [-0.4, -0.2) is 38.3 Å². The number of halogens is 1. The number of carbonyl (C=O) groups excluding carboxylic acids is 2. The third-order valence-electron chi connectivity index (χ3n) is 3.88. The molecule has 0 aliphatic heterocycles. The van der Waals surface area contributed by atoms with Gasteiger partial charge in [-0.2, -0.15) is 5.10 Å². The number of nitrogens with one attached hydrogen (secondary N) is 2. The van der Waals surface area contributed by atoms with Gasteiger partial charge >= 0.3 is 0 Å². The molecule has 0 unspecified atom stereocenters. The summed E-state index contributed by atoms with van der Waals surface area (Å²) in [6.45, 7) is 2.49. The predicted octanol–water partition coefficient (Wildman–Crippen LogP) is 3.52. The summed E-state index contributed by atoms with van der Waals surface area (Å²) < 4.78 is 11.8. The first-order valence-electron chi connectivity index (χ1n) is 9.20. The third kappa shape index (κ3) is 7.23. The van der Waals surface area contributed by atoms with Crippen LogP contribution in [0.1, 0.15) is 35.7 Å². The molecule has 0 saturated heterocycles. The number of amides is 2. The average Bonchev–Trinajstić information content (AvgIpc) is 2.73. The van der Waals surface area contributed by atoms with Crippen molar-refractivity contribution in [3.63, 3.8) is 0 Å². The lowest BCUT2D eigenvalue weighted by molar-refractivity contribution is -0.120. The second-order valence-electron chi connectivity index (χ2n) is 6.06. The molecule has 2 N–H and O–H groups in total. The molecule has 0 aliphatic carbocycles. The number of hydrogen-bond donors (Lipinski definition) is 2. The van der Waals surface area contributed by atoms with E-state index in [1.54, 1.807) is 24.3 Å². The standard InChI is InChI=1S/C21H24BrN3O4/c1-3-4-11-29-18-10-9-16(22)12-15(18)13-24-25-20(26)14-23-21(27)17-7-5-6-8-19(17)28-2/h5-10,12-13H,3-4,11,14H2,1-2H3,(H,23,27)(H,25,26). The van der Waals surface area contributed by atoms with Gasteiger partial charge in [-0.3, -0.25) is 9.59 Å². The topological polar surface area (TPSA) is 89.0 Å². The molecule has 2 amide bonds. The zero-order chi connectivity index (χ0) is 21.1. The highest BCUT2D eigenvalue weighted by Crippen LogP contribution is 2.22. The number of rotatable bonds is 10. The molecule has 0 atom stereocenters. The van der Waals surface area contributed by atoms with Gasteiger partial charge in [0.1, 0.15) is 11.5 Å². The summed E-state index contributed by atoms with van der Waals surface area (Å²) in [5.74, 6) is 0.269. The van der Waals surface area contributed by atoms with Crippen LogP contribution < -0.4 is 20.2 Å². The Bertz CT molecular complexity index is 871. The van der Waals surface area contributed by atoms with Crippen molar-refractivity contribution in [3.05, 3.63) is 58.1 Å². The number of methoxy groups -OCH3 is 1. The smallest absolute Gasteiger partial charge is 0.259 e. The van der Waals surface area contributed by atoms with Crippen LogP contribution in [0.3, 0.4) is 0 Å². The highest BCUT2D eigenvalue weighted by Gasteiger charge is 2.12. The average molecular weight is 462 g/mol. The highest BCUT2D eigenvalue weighted by atomic mass is 79.9. The number of benzene rings is 2. The van der Waals surface area contributed by atoms with Crippen molar-refractivity contribution in [3.8, 4) is 11.5 Å². The highest BCUT2D eigenvalue weighted by molar-refractivity contribution is 9.10. The van der Waals surface area contributed by atoms with Crippen molar-refractivity contribution in [2.24, 2.45) is 5.10 Å². The molecule has 0 fully saturated rings. The monoisotopic (exact) mass is 461 g/mol. The lowest BCUT2D eigenvalue weighted by Gasteiger charge is -2.09. The van der Waals surface area contributed by atoms with Crippen LogP contribution >= 0.6 is 15.9 Å². The Morgan fingerprint density at radius 2 is 1.97 bits per heavy atom. The van der Waals surface area contributed by atoms with E-state index in [-0.39, 0.29) is 6.54 Å². The summed E-state index contributed by atoms with van der Waals surface area (Å²) in [7, 11) is 1.48. The normalized spacial score (nSPS) is 10.6. The molecule has 2 aromatic rings. The molecule has 2 aromatic carbocycles. The van der Waals surface area contributed by atoms with Gasteiger partial charge in [-0.05, 0) is 36.8 Å². The van der Waals surface area contributed by atoms with Gasteiger partial charge in [-0.25, -0.2) is 5.43 Å². The minimum atomic E-state index is -0.451. The lowest BCUT2D eigenvalue weighted by Crippen LogP contribution is -2.35. The van der Waals surface area contributed by atoms with Crippen molar-refractivity contribution < 1.29 is 19.1 Å². The maximum Gasteiger partial charge on any atom is 0.259 e. The van der Waals surface area contributed by atoms with E-state index in [0.717, 1.165) is 22.9 Å². The third-order valence-corrected chi connectivity index (χ3v) is 4.37. The van der Waals surface area contributed by atoms with Crippen molar-refractivity contribution in [1.82, 2.24) is 10.7 Å². The number of hydrogen-bond acceptors (Lipinski definition) is 5. The Morgan fingerprint density at radius 1 is 1.17 bits per heavy atom. The Balaban J connectivity index is 1.89. The van der Waals surface area contributed by atoms with Gasteiger partial charge in [0.15, 0.2) is 0 Å². The van der Waals surface area contributed by atoms with E-state index in [1.165, 1.54) is 13.3 Å². The summed E-state index contributed by atoms with van der Waals surface area (Å²) in [6.07, 6.45) is 3.50. The summed E-state index contributed by atoms with van der Waals surface area (Å²) in [4.78, 5) is 24.2. The molecule has 0 aromatic heterocycles. The van der Waals surface area contributed by atoms with E-state index in [0.29, 0.717) is 23.7 Å². The molecule has 0 heterocycles. The van der Waals surface area contributed by atoms with Gasteiger partial charge in [0.2, 0.25) is 0 Å². The number of ether oxygens (including phenoxy) is 2. The van der Waals surface area contributed by atoms with Gasteiger partial charge in [-0.1, -0.05) is 41.4 Å². The van der Waals surface area contributed by atoms with Gasteiger partial charge in [0.05, 0.1) is 32.0 Å². The van der Waals surface area contributed by atoms with E-state index in [9.17, 15) is 9.59 Å². The van der Waals surface area contributed by atoms with E-state index >= 15 is 0 Å². The maximum absolute atomic E-state index is 12.2. The fraction of sp³-hybridized carbons (Fsp3) is 0.286. The zero-order valence-electron chi connectivity index (χ0n) is 16.4. The van der Waals surface area contributed by atoms with Gasteiger partial charge in [-0.15, -0.1) is 0 Å². The van der Waals surface area contributed by atoms with Crippen molar-refractivity contribution >= 4 is 34.0 Å². The molecule has 154 valence electrons. The first-order valence-corrected chi connectivity index (χ1v) is 10.00. The minimum Gasteiger partial charge on any atom is -0.496 e. The molecule has 0 radical (unpaired) electrons. The number of nitrogens with zero attached hydrogens (tertiary/aromatic N) is 1. The molecule has 8 heteroatoms. The summed E-state index contributed by atoms with van der Waals surface area (Å²) in [6, 6.07) is 12.4. The van der Waals surface area contributed by atoms with Crippen LogP contribution in [0.4, 0.5) is 0 Å². The van der Waals surface area contributed by atoms with Crippen LogP contribution in [0.5, 0.6) is 11.5 Å². The molecular formula is C21H24BrN3O4. The van der Waals surface area contributed by atoms with Crippen LogP contribution in [0.25, 0.3) is 0 Å². The molecule has 0 aliphatic rings. The molecular weight excluding hydrogens is 438 g/mol. The Labute approximate surface area is 178 Å². The van der Waals surface area contributed by atoms with Crippen LogP contribution in [-0.2, 0) is 4.79 Å². The largest absolute Gasteiger partial charge is 0.496 e. The SMILES string of the molecule is CCCCOc1ccc(Br)cc1C=NNC(=O)CNC(=O)c1ccccc1OC. The van der Waals surface area contributed by atoms with Gasteiger partial charge in [0, 0.05) is 10.0 Å². The van der Waals surface area contributed by atoms with Crippen molar-refractivity contribution in [2.45, 2.75) is 19.8 Å². The summed E-state index contributed by atoms with van der Waals surface area (Å²) >= 11 is 3.41. The van der Waals surface area contributed by atoms with Crippen LogP contribution in [0, 0.1) is 0 Å². The summed E-state index contributed by atoms with van der Waals surface area (Å²) in [5.41, 5.74) is 3.48. The van der Waals surface area contributed by atoms with E-state index < -0.39 is 11.8 Å². The second kappa shape index (κ2) is 11.9. The molecule has 2 rings (SSSR count). The van der Waals surface area contributed by atoms with Crippen molar-refractivity contribution in [2.75, 3.05) is 20.3 Å². The quantitative estimate of drug-likeness (QED) is 0.321. The predicted molar refractivity (Wildman–Crippen MR) is 116 cm³/mol. The maximum atomic E-state index is 12.2. The van der Waals surface area contributed by atoms with Crippen LogP contribution in [0.15, 0.2) is 52.0 Å². The number of para-hydroxylation sites is 1. The number of carbonyl (C=O) groups is 2. The van der Waals surface area contributed by atoms with Crippen LogP contribution in [0.2, 0.25) is 0 Å². The Kier molecular flexibility index (Phi) is 9.17. The van der Waals surface area contributed by atoms with Gasteiger partial charge in [0.25, 0.3) is 11.8 Å². The number of unbranched alkanes of at least 4 members (excludes halogenated alkanes) is 1. The Morgan fingerprint density at radius 3 is 2.72 bits per heavy atom. The van der Waals surface area contributed by atoms with Crippen molar-refractivity contribution in [1.29, 1.82) is 0 Å². The first kappa shape index (κ1) is 22.4. The van der Waals surface area contributed by atoms with E-state index in [1.807, 2.05) is 18.2 Å². The second-order valence-corrected chi connectivity index (χ2v) is 6.98. The summed E-state index contributed by atoms with van der Waals surface area (Å²) in [5, 5.41) is 6.49. The Hall–Kier alpha value is -2.87. The first-order chi connectivity index (χ1) is 14.0. The number of hydrazone groups is 1. The van der Waals surface area contributed by atoms with E-state index in [4.69, 9.17) is 9.47 Å². The molecule has 29 heavy (non-hydrogen) atoms. The molecule has 0 spiro atoms. The molecule has 0 bridgehead atoms. The van der Waals surface area contributed by atoms with E-state index in [2.05, 4.69) is 38.7 Å². The minimum absolute atomic E-state index is 0.216. The lowest BCUT2D eigenvalue weighted by atomic mass is 10.2. The zero-order valence-corrected chi connectivity index (χ0v) is 18.0. The molecule has 0 saturated carbocycles. The van der Waals surface area contributed by atoms with Gasteiger partial charge < -0.3 is 14.8 Å².